The summed E-state index contributed by atoms with van der Waals surface area (Å²) in [5.41, 5.74) is 0. The lowest BCUT2D eigenvalue weighted by molar-refractivity contribution is 0.551. The van der Waals surface area contributed by atoms with E-state index in [-0.39, 0.29) is 15.3 Å². The maximum absolute atomic E-state index is 11.0. The van der Waals surface area contributed by atoms with Gasteiger partial charge in [0, 0.05) is 4.83 Å². The van der Waals surface area contributed by atoms with Crippen molar-refractivity contribution < 1.29 is 8.42 Å². The molecule has 3 rings (SSSR count). The zero-order valence-electron chi connectivity index (χ0n) is 4.75. The number of alkyl halides is 1. The van der Waals surface area contributed by atoms with Crippen LogP contribution in [0.1, 0.15) is 12.8 Å². The molecule has 3 atom stereocenters. The monoisotopic (exact) mass is 210 g/mol. The summed E-state index contributed by atoms with van der Waals surface area (Å²) in [7, 11) is -2.62. The van der Waals surface area contributed by atoms with Crippen molar-refractivity contribution in [2.45, 2.75) is 28.2 Å². The molecule has 0 amide bonds. The van der Waals surface area contributed by atoms with Crippen molar-refractivity contribution in [2.24, 2.45) is 0 Å². The molecular weight excluding hydrogens is 204 g/mol. The normalized spacial score (nSPS) is 52.8. The first-order valence-corrected chi connectivity index (χ1v) is 5.51. The highest BCUT2D eigenvalue weighted by molar-refractivity contribution is 9.09. The summed E-state index contributed by atoms with van der Waals surface area (Å²) in [6, 6.07) is 0. The zero-order chi connectivity index (χ0) is 6.65. The van der Waals surface area contributed by atoms with Crippen LogP contribution in [0.5, 0.6) is 0 Å². The zero-order valence-corrected chi connectivity index (χ0v) is 7.15. The van der Waals surface area contributed by atoms with Crippen molar-refractivity contribution in [1.82, 2.24) is 0 Å². The van der Waals surface area contributed by atoms with Crippen molar-refractivity contribution in [1.29, 1.82) is 0 Å². The minimum atomic E-state index is -2.62. The number of rotatable bonds is 0. The Kier molecular flexibility index (Phi) is 1.05. The second kappa shape index (κ2) is 1.53. The fourth-order valence-corrected chi connectivity index (χ4v) is 5.57. The van der Waals surface area contributed by atoms with Crippen molar-refractivity contribution in [3.05, 3.63) is 0 Å². The summed E-state index contributed by atoms with van der Waals surface area (Å²) < 4.78 is 22.0. The van der Waals surface area contributed by atoms with Crippen LogP contribution in [-0.4, -0.2) is 23.7 Å². The number of fused-ring (bicyclic) bond motifs is 1. The Labute approximate surface area is 62.7 Å². The second-order valence-corrected chi connectivity index (χ2v) is 6.36. The molecule has 0 aromatic rings. The average molecular weight is 211 g/mol. The Morgan fingerprint density at radius 3 is 2.11 bits per heavy atom. The average Bonchev–Trinajstić information content (AvgIpc) is 2.20. The lowest BCUT2D eigenvalue weighted by Gasteiger charge is -2.23. The van der Waals surface area contributed by atoms with Crippen LogP contribution in [0.3, 0.4) is 0 Å². The fourth-order valence-electron chi connectivity index (χ4n) is 1.64. The van der Waals surface area contributed by atoms with E-state index in [2.05, 4.69) is 15.9 Å². The van der Waals surface area contributed by atoms with E-state index in [0.717, 1.165) is 12.8 Å². The van der Waals surface area contributed by atoms with Crippen molar-refractivity contribution in [3.8, 4) is 0 Å². The van der Waals surface area contributed by atoms with E-state index >= 15 is 0 Å². The molecule has 9 heavy (non-hydrogen) atoms. The highest BCUT2D eigenvalue weighted by atomic mass is 79.9. The minimum Gasteiger partial charge on any atom is -0.228 e. The van der Waals surface area contributed by atoms with Crippen LogP contribution in [0.2, 0.25) is 0 Å². The van der Waals surface area contributed by atoms with Crippen LogP contribution in [0.15, 0.2) is 0 Å². The standard InChI is InChI=1S/C5H7BrO2S/c6-4-1-3-2-5(4)9(3,7)8/h3-5H,1-2H2/t3-,4+,5-/m0/s1. The van der Waals surface area contributed by atoms with Crippen molar-refractivity contribution >= 4 is 25.8 Å². The minimum absolute atomic E-state index is 0.00637. The molecule has 1 saturated carbocycles. The van der Waals surface area contributed by atoms with Gasteiger partial charge in [0.05, 0.1) is 10.5 Å². The van der Waals surface area contributed by atoms with Crippen LogP contribution in [0, 0.1) is 0 Å². The van der Waals surface area contributed by atoms with Gasteiger partial charge in [-0.1, -0.05) is 15.9 Å². The van der Waals surface area contributed by atoms with E-state index in [9.17, 15) is 8.42 Å². The Bertz CT molecular complexity index is 233. The van der Waals surface area contributed by atoms with Gasteiger partial charge in [0.2, 0.25) is 0 Å². The topological polar surface area (TPSA) is 34.1 Å². The lowest BCUT2D eigenvalue weighted by atomic mass is 10.3. The van der Waals surface area contributed by atoms with Gasteiger partial charge in [0.15, 0.2) is 9.84 Å². The third-order valence-electron chi connectivity index (χ3n) is 2.27. The molecular formula is C5H7BrO2S. The SMILES string of the molecule is O=S1(=O)[C@H]2C[C@@H](Br)[C@@H]1C2. The van der Waals surface area contributed by atoms with Crippen LogP contribution < -0.4 is 0 Å². The van der Waals surface area contributed by atoms with Crippen molar-refractivity contribution in [3.63, 3.8) is 0 Å². The number of halogens is 1. The van der Waals surface area contributed by atoms with Gasteiger partial charge < -0.3 is 0 Å². The quantitative estimate of drug-likeness (QED) is 0.553. The van der Waals surface area contributed by atoms with Crippen LogP contribution in [-0.2, 0) is 9.84 Å². The molecule has 52 valence electrons. The lowest BCUT2D eigenvalue weighted by Crippen LogP contribution is -2.38. The molecule has 0 spiro atoms. The summed E-state index contributed by atoms with van der Waals surface area (Å²) in [6.07, 6.45) is 1.74. The summed E-state index contributed by atoms with van der Waals surface area (Å²) in [5.74, 6) is 0. The molecule has 4 heteroatoms. The first kappa shape index (κ1) is 6.16. The Hall–Kier alpha value is 0.430. The molecule has 2 aliphatic heterocycles. The molecule has 1 aliphatic carbocycles. The molecule has 2 heterocycles. The predicted octanol–water partition coefficient (Wildman–Crippen LogP) is 0.709. The Morgan fingerprint density at radius 2 is 2.00 bits per heavy atom. The van der Waals surface area contributed by atoms with Crippen LogP contribution in [0.4, 0.5) is 0 Å². The highest BCUT2D eigenvalue weighted by Gasteiger charge is 2.57. The van der Waals surface area contributed by atoms with E-state index in [4.69, 9.17) is 0 Å². The van der Waals surface area contributed by atoms with E-state index in [1.54, 1.807) is 0 Å². The summed E-state index contributed by atoms with van der Waals surface area (Å²) >= 11 is 3.34. The molecule has 0 unspecified atom stereocenters. The van der Waals surface area contributed by atoms with Gasteiger partial charge in [-0.05, 0) is 12.8 Å². The maximum Gasteiger partial charge on any atom is 0.157 e. The first-order valence-electron chi connectivity index (χ1n) is 2.99. The van der Waals surface area contributed by atoms with Gasteiger partial charge in [0.25, 0.3) is 0 Å². The van der Waals surface area contributed by atoms with Gasteiger partial charge in [-0.25, -0.2) is 8.42 Å². The Morgan fingerprint density at radius 1 is 1.33 bits per heavy atom. The molecule has 2 nitrogen and oxygen atoms in total. The molecule has 3 fully saturated rings. The molecule has 0 aromatic heterocycles. The third kappa shape index (κ3) is 0.584. The summed E-state index contributed by atoms with van der Waals surface area (Å²) in [4.78, 5) is 0.257. The van der Waals surface area contributed by atoms with E-state index in [0.29, 0.717) is 0 Å². The van der Waals surface area contributed by atoms with E-state index in [1.807, 2.05) is 0 Å². The van der Waals surface area contributed by atoms with E-state index in [1.165, 1.54) is 0 Å². The molecule has 2 bridgehead atoms. The number of sulfone groups is 1. The first-order chi connectivity index (χ1) is 4.12. The predicted molar refractivity (Wildman–Crippen MR) is 38.4 cm³/mol. The summed E-state index contributed by atoms with van der Waals surface area (Å²) in [6.45, 7) is 0. The molecule has 0 N–H and O–H groups in total. The molecule has 0 radical (unpaired) electrons. The van der Waals surface area contributed by atoms with Gasteiger partial charge in [-0.2, -0.15) is 0 Å². The van der Waals surface area contributed by atoms with E-state index < -0.39 is 9.84 Å². The molecule has 2 saturated heterocycles. The smallest absolute Gasteiger partial charge is 0.157 e. The third-order valence-corrected chi connectivity index (χ3v) is 6.31. The van der Waals surface area contributed by atoms with Gasteiger partial charge in [-0.3, -0.25) is 0 Å². The molecule has 3 aliphatic rings. The fraction of sp³-hybridized carbons (Fsp3) is 1.00. The van der Waals surface area contributed by atoms with Crippen molar-refractivity contribution in [2.75, 3.05) is 0 Å². The summed E-state index contributed by atoms with van der Waals surface area (Å²) in [5, 5.41) is -0.0330. The number of hydrogen-bond acceptors (Lipinski definition) is 2. The van der Waals surface area contributed by atoms with Crippen LogP contribution >= 0.6 is 15.9 Å². The van der Waals surface area contributed by atoms with Gasteiger partial charge >= 0.3 is 0 Å². The van der Waals surface area contributed by atoms with Gasteiger partial charge in [0.1, 0.15) is 0 Å². The van der Waals surface area contributed by atoms with Gasteiger partial charge in [-0.15, -0.1) is 0 Å². The Balaban J connectivity index is 2.43. The second-order valence-electron chi connectivity index (χ2n) is 2.74. The largest absolute Gasteiger partial charge is 0.228 e. The maximum atomic E-state index is 11.0. The van der Waals surface area contributed by atoms with Crippen LogP contribution in [0.25, 0.3) is 0 Å². The highest BCUT2D eigenvalue weighted by Crippen LogP contribution is 2.46. The number of hydrogen-bond donors (Lipinski definition) is 0. The molecule has 0 aromatic carbocycles.